The van der Waals surface area contributed by atoms with Crippen LogP contribution in [0.3, 0.4) is 0 Å². The summed E-state index contributed by atoms with van der Waals surface area (Å²) in [5.74, 6) is 0.258. The van der Waals surface area contributed by atoms with E-state index in [-0.39, 0.29) is 5.75 Å². The number of halogens is 2. The van der Waals surface area contributed by atoms with Crippen molar-refractivity contribution in [3.63, 3.8) is 0 Å². The van der Waals surface area contributed by atoms with Crippen LogP contribution in [0.1, 0.15) is 5.56 Å². The fourth-order valence-electron chi connectivity index (χ4n) is 1.76. The number of hydrogen-bond acceptors (Lipinski definition) is 3. The van der Waals surface area contributed by atoms with Gasteiger partial charge in [0, 0.05) is 21.7 Å². The number of sulfonamides is 1. The summed E-state index contributed by atoms with van der Waals surface area (Å²) in [5.41, 5.74) is 0.786. The van der Waals surface area contributed by atoms with Crippen molar-refractivity contribution in [2.24, 2.45) is 0 Å². The predicted molar refractivity (Wildman–Crippen MR) is 85.7 cm³/mol. The molecule has 2 aromatic carbocycles. The first-order chi connectivity index (χ1) is 9.91. The molecule has 0 fully saturated rings. The maximum atomic E-state index is 12.2. The van der Waals surface area contributed by atoms with E-state index in [1.807, 2.05) is 0 Å². The Balaban J connectivity index is 2.23. The molecule has 0 saturated carbocycles. The number of ether oxygens (including phenoxy) is 1. The standard InChI is InChI=1S/C14H13Cl2NO3S/c1-20-11-5-2-4-10(8-11)17-21(18,19)9-12-13(15)6-3-7-14(12)16/h2-8,17H,9H2,1H3. The average Bonchev–Trinajstić information content (AvgIpc) is 2.43. The van der Waals surface area contributed by atoms with Crippen LogP contribution in [0.25, 0.3) is 0 Å². The Kier molecular flexibility index (Phi) is 4.98. The molecule has 7 heteroatoms. The van der Waals surface area contributed by atoms with E-state index in [4.69, 9.17) is 27.9 Å². The van der Waals surface area contributed by atoms with Crippen molar-refractivity contribution in [2.75, 3.05) is 11.8 Å². The number of benzene rings is 2. The van der Waals surface area contributed by atoms with E-state index < -0.39 is 10.0 Å². The predicted octanol–water partition coefficient (Wildman–Crippen LogP) is 3.94. The number of methoxy groups -OCH3 is 1. The summed E-state index contributed by atoms with van der Waals surface area (Å²) in [4.78, 5) is 0. The second-order valence-electron chi connectivity index (χ2n) is 4.29. The third-order valence-electron chi connectivity index (χ3n) is 2.74. The van der Waals surface area contributed by atoms with E-state index in [1.165, 1.54) is 7.11 Å². The number of nitrogens with one attached hydrogen (secondary N) is 1. The van der Waals surface area contributed by atoms with Crippen molar-refractivity contribution in [3.8, 4) is 5.75 Å². The van der Waals surface area contributed by atoms with Gasteiger partial charge in [-0.3, -0.25) is 4.72 Å². The van der Waals surface area contributed by atoms with Gasteiger partial charge in [-0.05, 0) is 24.3 Å². The largest absolute Gasteiger partial charge is 0.497 e. The number of rotatable bonds is 5. The highest BCUT2D eigenvalue weighted by Crippen LogP contribution is 2.27. The number of hydrogen-bond donors (Lipinski definition) is 1. The molecular formula is C14H13Cl2NO3S. The fourth-order valence-corrected chi connectivity index (χ4v) is 3.70. The molecule has 0 aromatic heterocycles. The zero-order valence-electron chi connectivity index (χ0n) is 11.1. The maximum Gasteiger partial charge on any atom is 0.237 e. The highest BCUT2D eigenvalue weighted by molar-refractivity contribution is 7.91. The van der Waals surface area contributed by atoms with Gasteiger partial charge in [0.05, 0.1) is 18.6 Å². The van der Waals surface area contributed by atoms with Gasteiger partial charge < -0.3 is 4.74 Å². The zero-order valence-corrected chi connectivity index (χ0v) is 13.5. The van der Waals surface area contributed by atoms with E-state index >= 15 is 0 Å². The van der Waals surface area contributed by atoms with Crippen LogP contribution in [0.4, 0.5) is 5.69 Å². The summed E-state index contributed by atoms with van der Waals surface area (Å²) in [7, 11) is -2.12. The Bertz CT molecular complexity index is 727. The average molecular weight is 346 g/mol. The quantitative estimate of drug-likeness (QED) is 0.892. The molecule has 0 atom stereocenters. The first-order valence-electron chi connectivity index (χ1n) is 5.99. The van der Waals surface area contributed by atoms with Gasteiger partial charge in [-0.1, -0.05) is 35.3 Å². The number of anilines is 1. The topological polar surface area (TPSA) is 55.4 Å². The van der Waals surface area contributed by atoms with Crippen molar-refractivity contribution in [2.45, 2.75) is 5.75 Å². The lowest BCUT2D eigenvalue weighted by Gasteiger charge is -2.11. The van der Waals surface area contributed by atoms with Crippen LogP contribution < -0.4 is 9.46 Å². The Morgan fingerprint density at radius 3 is 2.33 bits per heavy atom. The molecule has 0 aliphatic heterocycles. The summed E-state index contributed by atoms with van der Waals surface area (Å²) in [6, 6.07) is 11.5. The Hall–Kier alpha value is -1.43. The highest BCUT2D eigenvalue weighted by Gasteiger charge is 2.16. The summed E-state index contributed by atoms with van der Waals surface area (Å²) in [6.45, 7) is 0. The third kappa shape index (κ3) is 4.27. The summed E-state index contributed by atoms with van der Waals surface area (Å²) >= 11 is 12.0. The van der Waals surface area contributed by atoms with E-state index in [1.54, 1.807) is 42.5 Å². The smallest absolute Gasteiger partial charge is 0.237 e. The zero-order chi connectivity index (χ0) is 15.5. The van der Waals surface area contributed by atoms with Gasteiger partial charge in [0.2, 0.25) is 10.0 Å². The molecule has 0 aliphatic carbocycles. The first kappa shape index (κ1) is 15.9. The SMILES string of the molecule is COc1cccc(NS(=O)(=O)Cc2c(Cl)cccc2Cl)c1. The molecule has 0 spiro atoms. The molecule has 0 bridgehead atoms. The van der Waals surface area contributed by atoms with Gasteiger partial charge in [-0.2, -0.15) is 0 Å². The van der Waals surface area contributed by atoms with Gasteiger partial charge >= 0.3 is 0 Å². The maximum absolute atomic E-state index is 12.2. The lowest BCUT2D eigenvalue weighted by molar-refractivity contribution is 0.415. The minimum atomic E-state index is -3.63. The van der Waals surface area contributed by atoms with Crippen LogP contribution in [0.5, 0.6) is 5.75 Å². The molecule has 0 radical (unpaired) electrons. The van der Waals surface area contributed by atoms with Crippen LogP contribution in [-0.2, 0) is 15.8 Å². The summed E-state index contributed by atoms with van der Waals surface area (Å²) in [6.07, 6.45) is 0. The second kappa shape index (κ2) is 6.56. The normalized spacial score (nSPS) is 11.2. The molecule has 21 heavy (non-hydrogen) atoms. The molecule has 112 valence electrons. The molecule has 1 N–H and O–H groups in total. The molecule has 2 aromatic rings. The van der Waals surface area contributed by atoms with Gasteiger partial charge in [0.25, 0.3) is 0 Å². The molecule has 0 aliphatic rings. The van der Waals surface area contributed by atoms with Crippen LogP contribution >= 0.6 is 23.2 Å². The molecule has 0 unspecified atom stereocenters. The van der Waals surface area contributed by atoms with Gasteiger partial charge in [0.15, 0.2) is 0 Å². The van der Waals surface area contributed by atoms with E-state index in [0.29, 0.717) is 27.0 Å². The molecule has 0 amide bonds. The van der Waals surface area contributed by atoms with Crippen LogP contribution in [0, 0.1) is 0 Å². The van der Waals surface area contributed by atoms with Crippen molar-refractivity contribution in [1.29, 1.82) is 0 Å². The van der Waals surface area contributed by atoms with Crippen molar-refractivity contribution < 1.29 is 13.2 Å². The lowest BCUT2D eigenvalue weighted by atomic mass is 10.2. The molecular weight excluding hydrogens is 333 g/mol. The lowest BCUT2D eigenvalue weighted by Crippen LogP contribution is -2.15. The monoisotopic (exact) mass is 345 g/mol. The Morgan fingerprint density at radius 1 is 1.10 bits per heavy atom. The van der Waals surface area contributed by atoms with Crippen molar-refractivity contribution in [3.05, 3.63) is 58.1 Å². The summed E-state index contributed by atoms with van der Waals surface area (Å²) < 4.78 is 31.9. The first-order valence-corrected chi connectivity index (χ1v) is 8.39. The Labute approximate surface area is 133 Å². The van der Waals surface area contributed by atoms with E-state index in [9.17, 15) is 8.42 Å². The van der Waals surface area contributed by atoms with Crippen LogP contribution in [0.2, 0.25) is 10.0 Å². The third-order valence-corrected chi connectivity index (χ3v) is 4.66. The van der Waals surface area contributed by atoms with Crippen LogP contribution in [0.15, 0.2) is 42.5 Å². The van der Waals surface area contributed by atoms with Crippen LogP contribution in [-0.4, -0.2) is 15.5 Å². The van der Waals surface area contributed by atoms with E-state index in [2.05, 4.69) is 4.72 Å². The molecule has 4 nitrogen and oxygen atoms in total. The second-order valence-corrected chi connectivity index (χ2v) is 6.83. The minimum absolute atomic E-state index is 0.303. The van der Waals surface area contributed by atoms with Gasteiger partial charge in [0.1, 0.15) is 5.75 Å². The molecule has 2 rings (SSSR count). The van der Waals surface area contributed by atoms with Crippen molar-refractivity contribution in [1.82, 2.24) is 0 Å². The molecule has 0 saturated heterocycles. The van der Waals surface area contributed by atoms with Gasteiger partial charge in [-0.25, -0.2) is 8.42 Å². The molecule has 0 heterocycles. The van der Waals surface area contributed by atoms with Crippen molar-refractivity contribution >= 4 is 38.9 Å². The highest BCUT2D eigenvalue weighted by atomic mass is 35.5. The summed E-state index contributed by atoms with van der Waals surface area (Å²) in [5, 5.41) is 0.636. The Morgan fingerprint density at radius 2 is 1.71 bits per heavy atom. The fraction of sp³-hybridized carbons (Fsp3) is 0.143. The van der Waals surface area contributed by atoms with Gasteiger partial charge in [-0.15, -0.1) is 0 Å². The van der Waals surface area contributed by atoms with E-state index in [0.717, 1.165) is 0 Å². The minimum Gasteiger partial charge on any atom is -0.497 e.